The van der Waals surface area contributed by atoms with E-state index in [2.05, 4.69) is 17.2 Å². The molecule has 0 aromatic heterocycles. The maximum absolute atomic E-state index is 12.0. The molecule has 7 heteroatoms. The van der Waals surface area contributed by atoms with Gasteiger partial charge in [-0.15, -0.1) is 6.58 Å². The zero-order valence-corrected chi connectivity index (χ0v) is 15.0. The fourth-order valence-corrected chi connectivity index (χ4v) is 2.55. The van der Waals surface area contributed by atoms with Crippen LogP contribution in [0.5, 0.6) is 11.5 Å². The maximum Gasteiger partial charge on any atom is 0.263 e. The summed E-state index contributed by atoms with van der Waals surface area (Å²) in [6.07, 6.45) is 4.67. The van der Waals surface area contributed by atoms with Gasteiger partial charge in [0.25, 0.3) is 11.8 Å². The summed E-state index contributed by atoms with van der Waals surface area (Å²) in [5.74, 6) is 0.102. The number of benzene rings is 1. The van der Waals surface area contributed by atoms with Gasteiger partial charge in [0.2, 0.25) is 0 Å². The van der Waals surface area contributed by atoms with Crippen LogP contribution in [0.15, 0.2) is 30.4 Å². The topological polar surface area (TPSA) is 76.7 Å². The molecule has 2 rings (SSSR count). The number of hydrogen-bond donors (Lipinski definition) is 2. The second-order valence-electron chi connectivity index (χ2n) is 5.35. The SMILES string of the molecule is C=CCc1cc(C=C2C(=O)NC(=S)NC2=O)cc(OC)c1OCCC. The van der Waals surface area contributed by atoms with E-state index in [-0.39, 0.29) is 10.7 Å². The van der Waals surface area contributed by atoms with Crippen molar-refractivity contribution in [2.45, 2.75) is 19.8 Å². The summed E-state index contributed by atoms with van der Waals surface area (Å²) < 4.78 is 11.2. The van der Waals surface area contributed by atoms with Gasteiger partial charge in [-0.05, 0) is 48.8 Å². The molecule has 0 radical (unpaired) electrons. The lowest BCUT2D eigenvalue weighted by Crippen LogP contribution is -2.51. The number of hydrogen-bond acceptors (Lipinski definition) is 5. The Morgan fingerprint density at radius 2 is 1.92 bits per heavy atom. The average molecular weight is 360 g/mol. The Labute approximate surface area is 151 Å². The Morgan fingerprint density at radius 3 is 2.48 bits per heavy atom. The molecule has 0 bridgehead atoms. The molecule has 0 spiro atoms. The molecule has 0 aliphatic carbocycles. The molecule has 1 heterocycles. The van der Waals surface area contributed by atoms with Gasteiger partial charge in [0.1, 0.15) is 5.57 Å². The lowest BCUT2D eigenvalue weighted by Gasteiger charge is -2.18. The highest BCUT2D eigenvalue weighted by atomic mass is 32.1. The van der Waals surface area contributed by atoms with Crippen molar-refractivity contribution in [3.8, 4) is 11.5 Å². The molecule has 1 aliphatic rings. The number of rotatable bonds is 7. The smallest absolute Gasteiger partial charge is 0.263 e. The van der Waals surface area contributed by atoms with E-state index < -0.39 is 11.8 Å². The molecule has 0 unspecified atom stereocenters. The maximum atomic E-state index is 12.0. The standard InChI is InChI=1S/C18H20N2O4S/c1-4-6-12-8-11(10-14(23-3)15(12)24-7-5-2)9-13-16(21)19-18(25)20-17(13)22/h4,8-10H,1,5-7H2,2-3H3,(H2,19,20,21,22,25). The number of ether oxygens (including phenoxy) is 2. The van der Waals surface area contributed by atoms with E-state index in [9.17, 15) is 9.59 Å². The number of thiocarbonyl (C=S) groups is 1. The quantitative estimate of drug-likeness (QED) is 0.337. The second-order valence-corrected chi connectivity index (χ2v) is 5.76. The van der Waals surface area contributed by atoms with Crippen molar-refractivity contribution in [1.29, 1.82) is 0 Å². The Hall–Kier alpha value is -2.67. The van der Waals surface area contributed by atoms with E-state index in [1.807, 2.05) is 13.0 Å². The first-order valence-corrected chi connectivity index (χ1v) is 8.24. The molecule has 1 saturated heterocycles. The molecule has 2 amide bonds. The fourth-order valence-electron chi connectivity index (χ4n) is 2.37. The molecule has 25 heavy (non-hydrogen) atoms. The molecule has 2 N–H and O–H groups in total. The third kappa shape index (κ3) is 4.45. The summed E-state index contributed by atoms with van der Waals surface area (Å²) in [6, 6.07) is 3.56. The van der Waals surface area contributed by atoms with E-state index in [1.165, 1.54) is 6.08 Å². The van der Waals surface area contributed by atoms with E-state index >= 15 is 0 Å². The number of allylic oxidation sites excluding steroid dienone is 1. The summed E-state index contributed by atoms with van der Waals surface area (Å²) in [6.45, 7) is 6.33. The van der Waals surface area contributed by atoms with Crippen molar-refractivity contribution < 1.29 is 19.1 Å². The van der Waals surface area contributed by atoms with Crippen molar-refractivity contribution in [3.63, 3.8) is 0 Å². The number of carbonyl (C=O) groups is 2. The predicted molar refractivity (Wildman–Crippen MR) is 99.5 cm³/mol. The van der Waals surface area contributed by atoms with E-state index in [4.69, 9.17) is 21.7 Å². The molecule has 132 valence electrons. The molecule has 1 aliphatic heterocycles. The van der Waals surface area contributed by atoms with Crippen LogP contribution in [0.25, 0.3) is 6.08 Å². The first-order valence-electron chi connectivity index (χ1n) is 7.83. The van der Waals surface area contributed by atoms with Gasteiger partial charge in [0, 0.05) is 5.56 Å². The molecule has 1 aromatic rings. The van der Waals surface area contributed by atoms with Crippen LogP contribution in [0.4, 0.5) is 0 Å². The summed E-state index contributed by atoms with van der Waals surface area (Å²) in [5, 5.41) is 4.82. The minimum absolute atomic E-state index is 0.000362. The zero-order chi connectivity index (χ0) is 18.4. The molecular formula is C18H20N2O4S. The van der Waals surface area contributed by atoms with Crippen molar-refractivity contribution in [3.05, 3.63) is 41.5 Å². The van der Waals surface area contributed by atoms with Crippen LogP contribution >= 0.6 is 12.2 Å². The Kier molecular flexibility index (Phi) is 6.30. The normalized spacial score (nSPS) is 13.8. The monoisotopic (exact) mass is 360 g/mol. The minimum atomic E-state index is -0.538. The van der Waals surface area contributed by atoms with E-state index in [0.29, 0.717) is 30.1 Å². The Balaban J connectivity index is 2.47. The lowest BCUT2D eigenvalue weighted by molar-refractivity contribution is -0.123. The van der Waals surface area contributed by atoms with Crippen molar-refractivity contribution in [1.82, 2.24) is 10.6 Å². The zero-order valence-electron chi connectivity index (χ0n) is 14.2. The van der Waals surface area contributed by atoms with Crippen LogP contribution < -0.4 is 20.1 Å². The van der Waals surface area contributed by atoms with Gasteiger partial charge in [-0.3, -0.25) is 20.2 Å². The van der Waals surface area contributed by atoms with Crippen LogP contribution in [-0.4, -0.2) is 30.6 Å². The predicted octanol–water partition coefficient (Wildman–Crippen LogP) is 2.13. The van der Waals surface area contributed by atoms with Gasteiger partial charge in [-0.25, -0.2) is 0 Å². The molecule has 0 atom stereocenters. The Morgan fingerprint density at radius 1 is 1.24 bits per heavy atom. The van der Waals surface area contributed by atoms with Gasteiger partial charge < -0.3 is 9.47 Å². The molecule has 1 fully saturated rings. The number of carbonyl (C=O) groups excluding carboxylic acids is 2. The van der Waals surface area contributed by atoms with Gasteiger partial charge in [0.15, 0.2) is 16.6 Å². The van der Waals surface area contributed by atoms with Crippen LogP contribution in [0.3, 0.4) is 0 Å². The Bertz CT molecular complexity index is 734. The third-order valence-corrected chi connectivity index (χ3v) is 3.65. The molecule has 1 aromatic carbocycles. The number of methoxy groups -OCH3 is 1. The summed E-state index contributed by atoms with van der Waals surface area (Å²) in [7, 11) is 1.54. The van der Waals surface area contributed by atoms with Crippen LogP contribution in [-0.2, 0) is 16.0 Å². The van der Waals surface area contributed by atoms with Gasteiger partial charge >= 0.3 is 0 Å². The number of nitrogens with one attached hydrogen (secondary N) is 2. The third-order valence-electron chi connectivity index (χ3n) is 3.44. The summed E-state index contributed by atoms with van der Waals surface area (Å²) in [4.78, 5) is 24.0. The van der Waals surface area contributed by atoms with Gasteiger partial charge in [0.05, 0.1) is 13.7 Å². The summed E-state index contributed by atoms with van der Waals surface area (Å²) in [5.41, 5.74) is 1.48. The van der Waals surface area contributed by atoms with Crippen LogP contribution in [0, 0.1) is 0 Å². The molecular weight excluding hydrogens is 340 g/mol. The second kappa shape index (κ2) is 8.43. The highest BCUT2D eigenvalue weighted by Gasteiger charge is 2.26. The van der Waals surface area contributed by atoms with Gasteiger partial charge in [-0.1, -0.05) is 13.0 Å². The average Bonchev–Trinajstić information content (AvgIpc) is 2.57. The largest absolute Gasteiger partial charge is 0.493 e. The van der Waals surface area contributed by atoms with Crippen LogP contribution in [0.2, 0.25) is 0 Å². The van der Waals surface area contributed by atoms with Crippen molar-refractivity contribution in [2.24, 2.45) is 0 Å². The minimum Gasteiger partial charge on any atom is -0.493 e. The van der Waals surface area contributed by atoms with Gasteiger partial charge in [-0.2, -0.15) is 0 Å². The van der Waals surface area contributed by atoms with Crippen molar-refractivity contribution in [2.75, 3.05) is 13.7 Å². The first-order chi connectivity index (χ1) is 12.0. The fraction of sp³-hybridized carbons (Fsp3) is 0.278. The van der Waals surface area contributed by atoms with Crippen LogP contribution in [0.1, 0.15) is 24.5 Å². The highest BCUT2D eigenvalue weighted by molar-refractivity contribution is 7.80. The van der Waals surface area contributed by atoms with E-state index in [1.54, 1.807) is 19.3 Å². The van der Waals surface area contributed by atoms with E-state index in [0.717, 1.165) is 12.0 Å². The first kappa shape index (κ1) is 18.7. The molecule has 0 saturated carbocycles. The molecule has 6 nitrogen and oxygen atoms in total. The number of amides is 2. The summed E-state index contributed by atoms with van der Waals surface area (Å²) >= 11 is 4.79. The lowest BCUT2D eigenvalue weighted by atomic mass is 10.0. The van der Waals surface area contributed by atoms with Crippen molar-refractivity contribution >= 4 is 35.2 Å². The highest BCUT2D eigenvalue weighted by Crippen LogP contribution is 2.34.